The van der Waals surface area contributed by atoms with Crippen LogP contribution in [-0.4, -0.2) is 34.6 Å². The van der Waals surface area contributed by atoms with E-state index in [-0.39, 0.29) is 36.0 Å². The monoisotopic (exact) mass is 402 g/mol. The summed E-state index contributed by atoms with van der Waals surface area (Å²) < 4.78 is 13.2. The van der Waals surface area contributed by atoms with Crippen molar-refractivity contribution >= 4 is 23.6 Å². The number of rotatable bonds is 9. The number of hydrogen-bond acceptors (Lipinski definition) is 3. The summed E-state index contributed by atoms with van der Waals surface area (Å²) >= 11 is 1.43. The van der Waals surface area contributed by atoms with Gasteiger partial charge in [-0.3, -0.25) is 9.59 Å². The van der Waals surface area contributed by atoms with Crippen LogP contribution in [0.25, 0.3) is 0 Å². The van der Waals surface area contributed by atoms with Crippen molar-refractivity contribution in [3.63, 3.8) is 0 Å². The highest BCUT2D eigenvalue weighted by Gasteiger charge is 2.26. The first kappa shape index (κ1) is 22.0. The second-order valence-electron chi connectivity index (χ2n) is 6.74. The molecule has 150 valence electrons. The molecule has 0 spiro atoms. The molecule has 2 atom stereocenters. The molecule has 4 nitrogen and oxygen atoms in total. The third-order valence-electron chi connectivity index (χ3n) is 4.54. The van der Waals surface area contributed by atoms with Gasteiger partial charge in [0.05, 0.1) is 5.75 Å². The van der Waals surface area contributed by atoms with Gasteiger partial charge in [0.15, 0.2) is 0 Å². The predicted octanol–water partition coefficient (Wildman–Crippen LogP) is 4.25. The Bertz CT molecular complexity index is 768. The SMILES string of the molecule is CC[C@H](C)NC(=O)[C@H](C)N(Cc1ccc(F)cc1)C(=O)CSc1ccccc1. The van der Waals surface area contributed by atoms with Crippen LogP contribution in [-0.2, 0) is 16.1 Å². The first-order chi connectivity index (χ1) is 13.4. The molecule has 0 radical (unpaired) electrons. The summed E-state index contributed by atoms with van der Waals surface area (Å²) in [6, 6.07) is 15.1. The zero-order valence-electron chi connectivity index (χ0n) is 16.5. The van der Waals surface area contributed by atoms with Gasteiger partial charge in [-0.05, 0) is 50.1 Å². The van der Waals surface area contributed by atoms with Crippen LogP contribution in [0.15, 0.2) is 59.5 Å². The van der Waals surface area contributed by atoms with Crippen molar-refractivity contribution in [2.45, 2.75) is 50.7 Å². The molecule has 28 heavy (non-hydrogen) atoms. The van der Waals surface area contributed by atoms with Gasteiger partial charge in [0.25, 0.3) is 0 Å². The lowest BCUT2D eigenvalue weighted by Gasteiger charge is -2.29. The molecule has 6 heteroatoms. The summed E-state index contributed by atoms with van der Waals surface area (Å²) in [6.45, 7) is 5.91. The second kappa shape index (κ2) is 10.9. The minimum atomic E-state index is -0.622. The van der Waals surface area contributed by atoms with Gasteiger partial charge in [-0.25, -0.2) is 4.39 Å². The predicted molar refractivity (Wildman–Crippen MR) is 111 cm³/mol. The van der Waals surface area contributed by atoms with Gasteiger partial charge >= 0.3 is 0 Å². The van der Waals surface area contributed by atoms with Crippen LogP contribution >= 0.6 is 11.8 Å². The molecule has 0 heterocycles. The summed E-state index contributed by atoms with van der Waals surface area (Å²) in [7, 11) is 0. The minimum Gasteiger partial charge on any atom is -0.352 e. The molecule has 2 aromatic rings. The smallest absolute Gasteiger partial charge is 0.242 e. The Balaban J connectivity index is 2.12. The van der Waals surface area contributed by atoms with Crippen molar-refractivity contribution in [3.8, 4) is 0 Å². The maximum absolute atomic E-state index is 13.2. The third kappa shape index (κ3) is 6.68. The fraction of sp³-hybridized carbons (Fsp3) is 0.364. The lowest BCUT2D eigenvalue weighted by molar-refractivity contribution is -0.138. The molecule has 0 aliphatic carbocycles. The molecule has 2 aromatic carbocycles. The van der Waals surface area contributed by atoms with E-state index in [2.05, 4.69) is 5.32 Å². The Labute approximate surface area is 170 Å². The van der Waals surface area contributed by atoms with Crippen molar-refractivity contribution < 1.29 is 14.0 Å². The first-order valence-electron chi connectivity index (χ1n) is 9.42. The van der Waals surface area contributed by atoms with Crippen molar-refractivity contribution in [2.24, 2.45) is 0 Å². The summed E-state index contributed by atoms with van der Waals surface area (Å²) in [5.74, 6) is -0.421. The molecule has 0 aliphatic heterocycles. The molecule has 0 bridgehead atoms. The van der Waals surface area contributed by atoms with Crippen LogP contribution in [0.4, 0.5) is 4.39 Å². The van der Waals surface area contributed by atoms with Gasteiger partial charge < -0.3 is 10.2 Å². The Kier molecular flexibility index (Phi) is 8.51. The van der Waals surface area contributed by atoms with E-state index in [1.165, 1.54) is 23.9 Å². The van der Waals surface area contributed by atoms with E-state index in [4.69, 9.17) is 0 Å². The number of amides is 2. The number of carbonyl (C=O) groups excluding carboxylic acids is 2. The zero-order chi connectivity index (χ0) is 20.5. The second-order valence-corrected chi connectivity index (χ2v) is 7.79. The Morgan fingerprint density at radius 2 is 1.71 bits per heavy atom. The van der Waals surface area contributed by atoms with Crippen molar-refractivity contribution in [1.82, 2.24) is 10.2 Å². The molecule has 2 rings (SSSR count). The Morgan fingerprint density at radius 1 is 1.07 bits per heavy atom. The highest BCUT2D eigenvalue weighted by molar-refractivity contribution is 8.00. The fourth-order valence-corrected chi connectivity index (χ4v) is 3.38. The van der Waals surface area contributed by atoms with Crippen LogP contribution < -0.4 is 5.32 Å². The number of halogens is 1. The van der Waals surface area contributed by atoms with E-state index < -0.39 is 6.04 Å². The van der Waals surface area contributed by atoms with Crippen molar-refractivity contribution in [1.29, 1.82) is 0 Å². The van der Waals surface area contributed by atoms with Gasteiger partial charge in [-0.1, -0.05) is 37.3 Å². The molecule has 0 saturated carbocycles. The molecular weight excluding hydrogens is 375 g/mol. The van der Waals surface area contributed by atoms with Crippen LogP contribution in [0.3, 0.4) is 0 Å². The highest BCUT2D eigenvalue weighted by Crippen LogP contribution is 2.19. The molecule has 0 aromatic heterocycles. The minimum absolute atomic E-state index is 0.0383. The van der Waals surface area contributed by atoms with Crippen molar-refractivity contribution in [2.75, 3.05) is 5.75 Å². The van der Waals surface area contributed by atoms with E-state index in [0.717, 1.165) is 16.9 Å². The molecule has 0 unspecified atom stereocenters. The number of benzene rings is 2. The molecule has 0 saturated heterocycles. The highest BCUT2D eigenvalue weighted by atomic mass is 32.2. The van der Waals surface area contributed by atoms with Crippen molar-refractivity contribution in [3.05, 3.63) is 66.0 Å². The van der Waals surface area contributed by atoms with Crippen LogP contribution in [0.2, 0.25) is 0 Å². The van der Waals surface area contributed by atoms with E-state index in [1.807, 2.05) is 44.2 Å². The summed E-state index contributed by atoms with van der Waals surface area (Å²) in [5.41, 5.74) is 0.780. The number of carbonyl (C=O) groups is 2. The topological polar surface area (TPSA) is 49.4 Å². The summed E-state index contributed by atoms with van der Waals surface area (Å²) in [5, 5.41) is 2.93. The van der Waals surface area contributed by atoms with Gasteiger partial charge in [-0.2, -0.15) is 0 Å². The molecular formula is C22H27FN2O2S. The van der Waals surface area contributed by atoms with Gasteiger partial charge in [0.1, 0.15) is 11.9 Å². The number of thioether (sulfide) groups is 1. The third-order valence-corrected chi connectivity index (χ3v) is 5.54. The Morgan fingerprint density at radius 3 is 2.32 bits per heavy atom. The first-order valence-corrected chi connectivity index (χ1v) is 10.4. The average molecular weight is 403 g/mol. The maximum atomic E-state index is 13.2. The zero-order valence-corrected chi connectivity index (χ0v) is 17.3. The fourth-order valence-electron chi connectivity index (χ4n) is 2.58. The number of nitrogens with one attached hydrogen (secondary N) is 1. The quantitative estimate of drug-likeness (QED) is 0.638. The van der Waals surface area contributed by atoms with E-state index >= 15 is 0 Å². The normalized spacial score (nSPS) is 12.9. The number of nitrogens with zero attached hydrogens (tertiary/aromatic N) is 1. The van der Waals surface area contributed by atoms with Crippen LogP contribution in [0, 0.1) is 5.82 Å². The van der Waals surface area contributed by atoms with Crippen LogP contribution in [0.1, 0.15) is 32.8 Å². The van der Waals surface area contributed by atoms with Gasteiger partial charge in [0.2, 0.25) is 11.8 Å². The van der Waals surface area contributed by atoms with E-state index in [1.54, 1.807) is 24.0 Å². The van der Waals surface area contributed by atoms with Crippen LogP contribution in [0.5, 0.6) is 0 Å². The maximum Gasteiger partial charge on any atom is 0.242 e. The Hall–Kier alpha value is -2.34. The van der Waals surface area contributed by atoms with E-state index in [0.29, 0.717) is 0 Å². The lowest BCUT2D eigenvalue weighted by Crippen LogP contribution is -2.50. The average Bonchev–Trinajstić information content (AvgIpc) is 2.71. The number of hydrogen-bond donors (Lipinski definition) is 1. The summed E-state index contributed by atoms with van der Waals surface area (Å²) in [4.78, 5) is 28.1. The van der Waals surface area contributed by atoms with Gasteiger partial charge in [0, 0.05) is 17.5 Å². The standard InChI is InChI=1S/C22H27FN2O2S/c1-4-16(2)24-22(27)17(3)25(14-18-10-12-19(23)13-11-18)21(26)15-28-20-8-6-5-7-9-20/h5-13,16-17H,4,14-15H2,1-3H3,(H,24,27)/t16-,17-/m0/s1. The molecule has 1 N–H and O–H groups in total. The summed E-state index contributed by atoms with van der Waals surface area (Å²) in [6.07, 6.45) is 0.814. The largest absolute Gasteiger partial charge is 0.352 e. The molecule has 0 aliphatic rings. The van der Waals surface area contributed by atoms with Gasteiger partial charge in [-0.15, -0.1) is 11.8 Å². The molecule has 2 amide bonds. The van der Waals surface area contributed by atoms with E-state index in [9.17, 15) is 14.0 Å². The molecule has 0 fully saturated rings. The lowest BCUT2D eigenvalue weighted by atomic mass is 10.1.